The van der Waals surface area contributed by atoms with Gasteiger partial charge in [0.2, 0.25) is 0 Å². The second-order valence-corrected chi connectivity index (χ2v) is 9.80. The molecule has 0 heterocycles. The summed E-state index contributed by atoms with van der Waals surface area (Å²) in [6.45, 7) is 4.80. The highest BCUT2D eigenvalue weighted by Crippen LogP contribution is 2.71. The van der Waals surface area contributed by atoms with Gasteiger partial charge in [-0.3, -0.25) is 4.79 Å². The Hall–Kier alpha value is -1.04. The quantitative estimate of drug-likeness (QED) is 0.690. The highest BCUT2D eigenvalue weighted by atomic mass is 19.1. The van der Waals surface area contributed by atoms with Crippen LogP contribution in [0.3, 0.4) is 0 Å². The van der Waals surface area contributed by atoms with E-state index in [0.29, 0.717) is 19.3 Å². The summed E-state index contributed by atoms with van der Waals surface area (Å²) in [6.07, 6.45) is 7.18. The molecular weight excluding hydrogens is 347 g/mol. The molecule has 5 heteroatoms. The van der Waals surface area contributed by atoms with E-state index in [0.717, 1.165) is 12.0 Å². The molecule has 4 rings (SSSR count). The monoisotopic (exact) mass is 378 g/mol. The summed E-state index contributed by atoms with van der Waals surface area (Å²) >= 11 is 0. The van der Waals surface area contributed by atoms with Crippen LogP contribution in [0.25, 0.3) is 0 Å². The Bertz CT molecular complexity index is 732. The fourth-order valence-corrected chi connectivity index (χ4v) is 7.44. The first-order valence-electron chi connectivity index (χ1n) is 10.2. The molecule has 4 nitrogen and oxygen atoms in total. The second-order valence-electron chi connectivity index (χ2n) is 9.80. The minimum atomic E-state index is -1.78. The zero-order valence-corrected chi connectivity index (χ0v) is 16.4. The van der Waals surface area contributed by atoms with Crippen LogP contribution in [0, 0.1) is 28.6 Å². The molecule has 150 valence electrons. The lowest BCUT2D eigenvalue weighted by atomic mass is 9.44. The molecule has 0 amide bonds. The summed E-state index contributed by atoms with van der Waals surface area (Å²) in [6, 6.07) is 0. The molecule has 0 bridgehead atoms. The van der Waals surface area contributed by atoms with Crippen molar-refractivity contribution in [2.24, 2.45) is 28.6 Å². The number of alkyl halides is 1. The van der Waals surface area contributed by atoms with E-state index in [4.69, 9.17) is 0 Å². The van der Waals surface area contributed by atoms with Crippen molar-refractivity contribution in [2.75, 3.05) is 6.61 Å². The summed E-state index contributed by atoms with van der Waals surface area (Å²) in [5, 5.41) is 32.0. The predicted octanol–water partition coefficient (Wildman–Crippen LogP) is 2.72. The lowest BCUT2D eigenvalue weighted by Gasteiger charge is -2.63. The molecule has 0 aromatic heterocycles. The van der Waals surface area contributed by atoms with E-state index in [-0.39, 0.29) is 18.3 Å². The Morgan fingerprint density at radius 3 is 2.70 bits per heavy atom. The first-order valence-corrected chi connectivity index (χ1v) is 10.2. The third-order valence-corrected chi connectivity index (χ3v) is 8.94. The van der Waals surface area contributed by atoms with Gasteiger partial charge in [0.05, 0.1) is 6.10 Å². The molecule has 3 saturated carbocycles. The van der Waals surface area contributed by atoms with Crippen LogP contribution in [-0.2, 0) is 4.79 Å². The Morgan fingerprint density at radius 2 is 2.04 bits per heavy atom. The topological polar surface area (TPSA) is 77.8 Å². The van der Waals surface area contributed by atoms with Crippen LogP contribution in [0.4, 0.5) is 4.39 Å². The molecule has 0 aromatic carbocycles. The molecule has 0 saturated heterocycles. The minimum absolute atomic E-state index is 0.0316. The van der Waals surface area contributed by atoms with Crippen molar-refractivity contribution in [3.8, 4) is 0 Å². The number of fused-ring (bicyclic) bond motifs is 5. The number of carbonyl (C=O) groups excluding carboxylic acids is 1. The average Bonchev–Trinajstić information content (AvgIpc) is 2.83. The van der Waals surface area contributed by atoms with Gasteiger partial charge >= 0.3 is 0 Å². The first kappa shape index (κ1) is 19.3. The van der Waals surface area contributed by atoms with Crippen molar-refractivity contribution in [3.05, 3.63) is 23.8 Å². The number of halogens is 1. The van der Waals surface area contributed by atoms with E-state index in [2.05, 4.69) is 0 Å². The van der Waals surface area contributed by atoms with Crippen LogP contribution < -0.4 is 0 Å². The van der Waals surface area contributed by atoms with Gasteiger partial charge < -0.3 is 15.3 Å². The number of aliphatic hydroxyl groups is 3. The van der Waals surface area contributed by atoms with Crippen LogP contribution in [0.2, 0.25) is 0 Å². The molecule has 3 fully saturated rings. The van der Waals surface area contributed by atoms with E-state index >= 15 is 4.39 Å². The first-order chi connectivity index (χ1) is 12.6. The highest BCUT2D eigenvalue weighted by Gasteiger charge is 2.75. The van der Waals surface area contributed by atoms with Gasteiger partial charge in [-0.25, -0.2) is 4.39 Å². The van der Waals surface area contributed by atoms with Crippen LogP contribution in [0.5, 0.6) is 0 Å². The van der Waals surface area contributed by atoms with Crippen molar-refractivity contribution in [1.82, 2.24) is 0 Å². The highest BCUT2D eigenvalue weighted by molar-refractivity contribution is 5.90. The molecule has 3 N–H and O–H groups in total. The summed E-state index contributed by atoms with van der Waals surface area (Å²) < 4.78 is 16.9. The van der Waals surface area contributed by atoms with Gasteiger partial charge in [-0.15, -0.1) is 0 Å². The van der Waals surface area contributed by atoms with Gasteiger partial charge in [-0.05, 0) is 43.9 Å². The number of Topliss-reactive ketones (excluding diaryl/α,β-unsaturated/α-hetero) is 1. The molecule has 0 radical (unpaired) electrons. The Balaban J connectivity index is 1.83. The zero-order valence-electron chi connectivity index (χ0n) is 16.4. The SMILES string of the molecule is CC1CC2C3CCC4=CC=CCC4(C)C3(F)C(O)CC2(C)C1(O)C(=O)CO. The number of rotatable bonds is 2. The Morgan fingerprint density at radius 1 is 1.33 bits per heavy atom. The lowest BCUT2D eigenvalue weighted by Crippen LogP contribution is -2.69. The van der Waals surface area contributed by atoms with E-state index < -0.39 is 46.5 Å². The summed E-state index contributed by atoms with van der Waals surface area (Å²) in [7, 11) is 0. The maximum Gasteiger partial charge on any atom is 0.190 e. The van der Waals surface area contributed by atoms with Crippen LogP contribution in [-0.4, -0.2) is 45.1 Å². The molecule has 8 unspecified atom stereocenters. The molecule has 4 aliphatic rings. The zero-order chi connectivity index (χ0) is 19.8. The maximum absolute atomic E-state index is 16.9. The van der Waals surface area contributed by atoms with Gasteiger partial charge in [-0.1, -0.05) is 44.6 Å². The average molecular weight is 378 g/mol. The van der Waals surface area contributed by atoms with E-state index in [1.165, 1.54) is 0 Å². The largest absolute Gasteiger partial charge is 0.390 e. The van der Waals surface area contributed by atoms with Gasteiger partial charge in [-0.2, -0.15) is 0 Å². The predicted molar refractivity (Wildman–Crippen MR) is 99.6 cm³/mol. The third kappa shape index (κ3) is 2.01. The molecule has 0 aromatic rings. The lowest BCUT2D eigenvalue weighted by molar-refractivity contribution is -0.226. The number of allylic oxidation sites excluding steroid dienone is 4. The number of aliphatic hydroxyl groups excluding tert-OH is 2. The van der Waals surface area contributed by atoms with Gasteiger partial charge in [0, 0.05) is 16.7 Å². The Kier molecular flexibility index (Phi) is 4.10. The standard InChI is InChI=1S/C22H31FO4/c1-13-10-16-15-8-7-14-6-4-5-9-19(14,2)21(15,23)17(25)11-20(16,3)22(13,27)18(26)12-24/h4-6,13,15-17,24-25,27H,7-12H2,1-3H3. The summed E-state index contributed by atoms with van der Waals surface area (Å²) in [4.78, 5) is 12.6. The van der Waals surface area contributed by atoms with Gasteiger partial charge in [0.1, 0.15) is 17.9 Å². The minimum Gasteiger partial charge on any atom is -0.390 e. The summed E-state index contributed by atoms with van der Waals surface area (Å²) in [5.41, 5.74) is -4.14. The molecular formula is C22H31FO4. The molecule has 4 aliphatic carbocycles. The van der Waals surface area contributed by atoms with Crippen molar-refractivity contribution in [1.29, 1.82) is 0 Å². The van der Waals surface area contributed by atoms with Crippen LogP contribution >= 0.6 is 0 Å². The smallest absolute Gasteiger partial charge is 0.190 e. The van der Waals surface area contributed by atoms with E-state index in [1.54, 1.807) is 0 Å². The van der Waals surface area contributed by atoms with Crippen molar-refractivity contribution < 1.29 is 24.5 Å². The third-order valence-electron chi connectivity index (χ3n) is 8.94. The maximum atomic E-state index is 16.9. The number of carbonyl (C=O) groups is 1. The molecule has 8 atom stereocenters. The normalized spacial score (nSPS) is 54.0. The van der Waals surface area contributed by atoms with Crippen molar-refractivity contribution >= 4 is 5.78 Å². The van der Waals surface area contributed by atoms with Crippen molar-refractivity contribution in [3.63, 3.8) is 0 Å². The molecule has 0 aliphatic heterocycles. The second kappa shape index (κ2) is 5.74. The fraction of sp³-hybridized carbons (Fsp3) is 0.773. The van der Waals surface area contributed by atoms with Gasteiger partial charge in [0.15, 0.2) is 5.78 Å². The van der Waals surface area contributed by atoms with E-state index in [1.807, 2.05) is 39.0 Å². The van der Waals surface area contributed by atoms with Crippen molar-refractivity contribution in [2.45, 2.75) is 70.2 Å². The van der Waals surface area contributed by atoms with Crippen LogP contribution in [0.1, 0.15) is 52.9 Å². The number of ketones is 1. The van der Waals surface area contributed by atoms with Gasteiger partial charge in [0.25, 0.3) is 0 Å². The van der Waals surface area contributed by atoms with Crippen LogP contribution in [0.15, 0.2) is 23.8 Å². The number of hydrogen-bond donors (Lipinski definition) is 3. The summed E-state index contributed by atoms with van der Waals surface area (Å²) in [5.74, 6) is -1.60. The molecule has 27 heavy (non-hydrogen) atoms. The van der Waals surface area contributed by atoms with E-state index in [9.17, 15) is 20.1 Å². The Labute approximate surface area is 160 Å². The number of hydrogen-bond acceptors (Lipinski definition) is 4. The molecule has 0 spiro atoms. The fourth-order valence-electron chi connectivity index (χ4n) is 7.44.